The van der Waals surface area contributed by atoms with E-state index >= 15 is 0 Å². The van der Waals surface area contributed by atoms with Gasteiger partial charge in [0.15, 0.2) is 0 Å². The first-order valence-corrected chi connectivity index (χ1v) is 7.34. The molecule has 102 valence electrons. The van der Waals surface area contributed by atoms with Gasteiger partial charge in [-0.3, -0.25) is 4.79 Å². The smallest absolute Gasteiger partial charge is 0.239 e. The summed E-state index contributed by atoms with van der Waals surface area (Å²) in [5, 5.41) is 3.35. The number of carbonyl (C=O) groups excluding carboxylic acids is 1. The fourth-order valence-corrected chi connectivity index (χ4v) is 2.98. The largest absolute Gasteiger partial charge is 0.340 e. The van der Waals surface area contributed by atoms with E-state index in [0.29, 0.717) is 6.54 Å². The van der Waals surface area contributed by atoms with Gasteiger partial charge in [0, 0.05) is 18.3 Å². The van der Waals surface area contributed by atoms with Crippen LogP contribution in [0.2, 0.25) is 0 Å². The molecule has 0 spiro atoms. The molecule has 1 atom stereocenters. The zero-order valence-corrected chi connectivity index (χ0v) is 12.4. The van der Waals surface area contributed by atoms with Crippen LogP contribution in [0, 0.1) is 5.92 Å². The Morgan fingerprint density at radius 3 is 2.74 bits per heavy atom. The van der Waals surface area contributed by atoms with Gasteiger partial charge in [-0.05, 0) is 28.3 Å². The molecule has 0 radical (unpaired) electrons. The maximum atomic E-state index is 12.2. The summed E-state index contributed by atoms with van der Waals surface area (Å²) in [5.41, 5.74) is 7.10. The monoisotopic (exact) mass is 276 g/mol. The van der Waals surface area contributed by atoms with Crippen molar-refractivity contribution in [1.82, 2.24) is 4.90 Å². The molecule has 3 nitrogen and oxygen atoms in total. The van der Waals surface area contributed by atoms with E-state index in [0.717, 1.165) is 0 Å². The first-order chi connectivity index (χ1) is 9.00. The Hall–Kier alpha value is -1.39. The maximum Gasteiger partial charge on any atom is 0.239 e. The van der Waals surface area contributed by atoms with Gasteiger partial charge in [0.2, 0.25) is 5.91 Å². The third-order valence-corrected chi connectivity index (χ3v) is 4.36. The number of hydrogen-bond acceptors (Lipinski definition) is 3. The van der Waals surface area contributed by atoms with Crippen LogP contribution < -0.4 is 5.73 Å². The number of nitrogens with two attached hydrogens (primary N) is 1. The summed E-state index contributed by atoms with van der Waals surface area (Å²) < 4.78 is 1.26. The Morgan fingerprint density at radius 2 is 2.05 bits per heavy atom. The lowest BCUT2D eigenvalue weighted by atomic mass is 10.0. The molecule has 0 saturated heterocycles. The van der Waals surface area contributed by atoms with Crippen molar-refractivity contribution in [3.05, 3.63) is 35.2 Å². The van der Waals surface area contributed by atoms with Crippen LogP contribution in [0.3, 0.4) is 0 Å². The van der Waals surface area contributed by atoms with Gasteiger partial charge in [-0.1, -0.05) is 32.0 Å². The number of carbonyl (C=O) groups is 1. The molecule has 2 aromatic rings. The Bertz CT molecular complexity index is 576. The van der Waals surface area contributed by atoms with Gasteiger partial charge in [0.05, 0.1) is 6.04 Å². The van der Waals surface area contributed by atoms with Crippen LogP contribution in [0.5, 0.6) is 0 Å². The molecule has 0 aliphatic carbocycles. The second-order valence-electron chi connectivity index (χ2n) is 5.22. The summed E-state index contributed by atoms with van der Waals surface area (Å²) in [5.74, 6) is 0.166. The minimum Gasteiger partial charge on any atom is -0.340 e. The predicted molar refractivity (Wildman–Crippen MR) is 81.1 cm³/mol. The summed E-state index contributed by atoms with van der Waals surface area (Å²) in [6.45, 7) is 4.55. The van der Waals surface area contributed by atoms with Crippen molar-refractivity contribution in [2.45, 2.75) is 26.4 Å². The number of benzene rings is 1. The molecular weight excluding hydrogens is 256 g/mol. The molecule has 2 rings (SSSR count). The molecule has 0 fully saturated rings. The van der Waals surface area contributed by atoms with Gasteiger partial charge in [0.1, 0.15) is 0 Å². The highest BCUT2D eigenvalue weighted by Crippen LogP contribution is 2.26. The fourth-order valence-electron chi connectivity index (χ4n) is 2.03. The van der Waals surface area contributed by atoms with Gasteiger partial charge >= 0.3 is 0 Å². The molecule has 2 N–H and O–H groups in total. The lowest BCUT2D eigenvalue weighted by molar-refractivity contribution is -0.132. The van der Waals surface area contributed by atoms with Crippen LogP contribution in [0.4, 0.5) is 0 Å². The number of rotatable bonds is 4. The standard InChI is InChI=1S/C15H20N2OS/c1-10(2)14(16)15(18)17(3)8-11-9-19-13-7-5-4-6-12(11)13/h4-7,9-10,14H,8,16H2,1-3H3/t14-/m0/s1. The molecule has 1 aromatic carbocycles. The van der Waals surface area contributed by atoms with Crippen LogP contribution in [0.15, 0.2) is 29.6 Å². The van der Waals surface area contributed by atoms with Crippen molar-refractivity contribution < 1.29 is 4.79 Å². The topological polar surface area (TPSA) is 46.3 Å². The van der Waals surface area contributed by atoms with Gasteiger partial charge in [-0.2, -0.15) is 0 Å². The Labute approximate surface area is 118 Å². The van der Waals surface area contributed by atoms with E-state index in [2.05, 4.69) is 17.5 Å². The minimum absolute atomic E-state index is 0.00489. The third-order valence-electron chi connectivity index (χ3n) is 3.35. The molecule has 0 unspecified atom stereocenters. The minimum atomic E-state index is -0.421. The second-order valence-corrected chi connectivity index (χ2v) is 6.13. The number of amides is 1. The molecule has 1 amide bonds. The molecule has 4 heteroatoms. The van der Waals surface area contributed by atoms with Crippen LogP contribution in [-0.4, -0.2) is 23.9 Å². The average molecular weight is 276 g/mol. The number of thiophene rings is 1. The lowest BCUT2D eigenvalue weighted by Crippen LogP contribution is -2.44. The van der Waals surface area contributed by atoms with Gasteiger partial charge in [0.25, 0.3) is 0 Å². The van der Waals surface area contributed by atoms with E-state index in [1.807, 2.05) is 33.0 Å². The number of nitrogens with zero attached hydrogens (tertiary/aromatic N) is 1. The Kier molecular flexibility index (Phi) is 4.22. The second kappa shape index (κ2) is 5.72. The van der Waals surface area contributed by atoms with E-state index < -0.39 is 6.04 Å². The summed E-state index contributed by atoms with van der Waals surface area (Å²) in [4.78, 5) is 13.9. The van der Waals surface area contributed by atoms with Crippen molar-refractivity contribution in [2.75, 3.05) is 7.05 Å². The summed E-state index contributed by atoms with van der Waals surface area (Å²) in [7, 11) is 1.82. The molecule has 1 aromatic heterocycles. The molecule has 0 bridgehead atoms. The summed E-state index contributed by atoms with van der Waals surface area (Å²) in [6, 6.07) is 7.84. The number of hydrogen-bond donors (Lipinski definition) is 1. The quantitative estimate of drug-likeness (QED) is 0.933. The van der Waals surface area contributed by atoms with E-state index in [1.54, 1.807) is 16.2 Å². The predicted octanol–water partition coefficient (Wildman–Crippen LogP) is 2.84. The zero-order valence-electron chi connectivity index (χ0n) is 11.6. The SMILES string of the molecule is CC(C)[C@H](N)C(=O)N(C)Cc1csc2ccccc12. The highest BCUT2D eigenvalue weighted by molar-refractivity contribution is 7.17. The van der Waals surface area contributed by atoms with Crippen molar-refractivity contribution >= 4 is 27.3 Å². The van der Waals surface area contributed by atoms with Gasteiger partial charge < -0.3 is 10.6 Å². The first-order valence-electron chi connectivity index (χ1n) is 6.46. The van der Waals surface area contributed by atoms with Crippen LogP contribution >= 0.6 is 11.3 Å². The maximum absolute atomic E-state index is 12.2. The van der Waals surface area contributed by atoms with E-state index in [-0.39, 0.29) is 11.8 Å². The van der Waals surface area contributed by atoms with Crippen LogP contribution in [0.1, 0.15) is 19.4 Å². The molecule has 0 aliphatic rings. The van der Waals surface area contributed by atoms with E-state index in [1.165, 1.54) is 15.6 Å². The third kappa shape index (κ3) is 2.96. The van der Waals surface area contributed by atoms with Crippen molar-refractivity contribution in [3.63, 3.8) is 0 Å². The normalized spacial score (nSPS) is 12.9. The number of fused-ring (bicyclic) bond motifs is 1. The molecule has 0 saturated carbocycles. The zero-order chi connectivity index (χ0) is 14.0. The van der Waals surface area contributed by atoms with Crippen LogP contribution in [-0.2, 0) is 11.3 Å². The highest BCUT2D eigenvalue weighted by atomic mass is 32.1. The fraction of sp³-hybridized carbons (Fsp3) is 0.400. The van der Waals surface area contributed by atoms with Crippen molar-refractivity contribution in [1.29, 1.82) is 0 Å². The van der Waals surface area contributed by atoms with Crippen molar-refractivity contribution in [3.8, 4) is 0 Å². The molecular formula is C15H20N2OS. The average Bonchev–Trinajstić information content (AvgIpc) is 2.80. The summed E-state index contributed by atoms with van der Waals surface area (Å²) >= 11 is 1.71. The Balaban J connectivity index is 2.15. The van der Waals surface area contributed by atoms with Gasteiger partial charge in [-0.15, -0.1) is 11.3 Å². The van der Waals surface area contributed by atoms with E-state index in [4.69, 9.17) is 5.73 Å². The summed E-state index contributed by atoms with van der Waals surface area (Å²) in [6.07, 6.45) is 0. The van der Waals surface area contributed by atoms with Crippen molar-refractivity contribution in [2.24, 2.45) is 11.7 Å². The first kappa shape index (κ1) is 14.0. The number of likely N-dealkylation sites (N-methyl/N-ethyl adjacent to an activating group) is 1. The van der Waals surface area contributed by atoms with Crippen LogP contribution in [0.25, 0.3) is 10.1 Å². The van der Waals surface area contributed by atoms with Gasteiger partial charge in [-0.25, -0.2) is 0 Å². The Morgan fingerprint density at radius 1 is 1.37 bits per heavy atom. The highest BCUT2D eigenvalue weighted by Gasteiger charge is 2.21. The van der Waals surface area contributed by atoms with E-state index in [9.17, 15) is 4.79 Å². The molecule has 0 aliphatic heterocycles. The molecule has 19 heavy (non-hydrogen) atoms. The lowest BCUT2D eigenvalue weighted by Gasteiger charge is -2.23. The molecule has 1 heterocycles.